The molecule has 0 aliphatic heterocycles. The molecule has 0 unspecified atom stereocenters. The fourth-order valence-corrected chi connectivity index (χ4v) is 2.09. The van der Waals surface area contributed by atoms with Gasteiger partial charge in [-0.15, -0.1) is 0 Å². The third-order valence-corrected chi connectivity index (χ3v) is 2.90. The van der Waals surface area contributed by atoms with Crippen molar-refractivity contribution in [2.24, 2.45) is 12.8 Å². The number of aryl methyl sites for hydroxylation is 1. The summed E-state index contributed by atoms with van der Waals surface area (Å²) < 4.78 is 2.07. The molecule has 0 spiro atoms. The largest absolute Gasteiger partial charge is 0.357 e. The molecule has 1 aliphatic rings. The first-order chi connectivity index (χ1) is 5.71. The Morgan fingerprint density at radius 3 is 2.58 bits per heavy atom. The van der Waals surface area contributed by atoms with E-state index in [1.807, 2.05) is 7.05 Å². The predicted molar refractivity (Wildman–Crippen MR) is 49.7 cm³/mol. The SMILES string of the molecule is Cn1ccc(C2(N)CCCC2)c1. The monoisotopic (exact) mass is 164 g/mol. The highest BCUT2D eigenvalue weighted by Gasteiger charge is 2.31. The number of hydrogen-bond acceptors (Lipinski definition) is 1. The Balaban J connectivity index is 2.28. The van der Waals surface area contributed by atoms with Crippen LogP contribution in [-0.2, 0) is 12.6 Å². The van der Waals surface area contributed by atoms with Crippen molar-refractivity contribution in [3.8, 4) is 0 Å². The van der Waals surface area contributed by atoms with Crippen molar-refractivity contribution in [1.82, 2.24) is 4.57 Å². The highest BCUT2D eigenvalue weighted by atomic mass is 14.9. The molecule has 1 aromatic heterocycles. The Kier molecular flexibility index (Phi) is 1.72. The fourth-order valence-electron chi connectivity index (χ4n) is 2.09. The Bertz CT molecular complexity index is 269. The maximum absolute atomic E-state index is 6.28. The van der Waals surface area contributed by atoms with Gasteiger partial charge < -0.3 is 10.3 Å². The number of rotatable bonds is 1. The highest BCUT2D eigenvalue weighted by molar-refractivity contribution is 5.22. The van der Waals surface area contributed by atoms with Gasteiger partial charge in [0.05, 0.1) is 0 Å². The summed E-state index contributed by atoms with van der Waals surface area (Å²) in [5.41, 5.74) is 7.58. The first-order valence-corrected chi connectivity index (χ1v) is 4.62. The lowest BCUT2D eigenvalue weighted by Crippen LogP contribution is -2.32. The summed E-state index contributed by atoms with van der Waals surface area (Å²) in [6.45, 7) is 0. The van der Waals surface area contributed by atoms with Crippen LogP contribution in [0, 0.1) is 0 Å². The molecular formula is C10H16N2. The van der Waals surface area contributed by atoms with Gasteiger partial charge in [0.1, 0.15) is 0 Å². The summed E-state index contributed by atoms with van der Waals surface area (Å²) in [7, 11) is 2.04. The molecule has 66 valence electrons. The summed E-state index contributed by atoms with van der Waals surface area (Å²) in [4.78, 5) is 0. The zero-order chi connectivity index (χ0) is 8.60. The molecule has 2 nitrogen and oxygen atoms in total. The first-order valence-electron chi connectivity index (χ1n) is 4.62. The van der Waals surface area contributed by atoms with Gasteiger partial charge in [0, 0.05) is 25.0 Å². The predicted octanol–water partition coefficient (Wildman–Crippen LogP) is 1.75. The van der Waals surface area contributed by atoms with Crippen LogP contribution < -0.4 is 5.73 Å². The summed E-state index contributed by atoms with van der Waals surface area (Å²) in [6, 6.07) is 2.14. The molecule has 2 rings (SSSR count). The van der Waals surface area contributed by atoms with Gasteiger partial charge in [-0.1, -0.05) is 12.8 Å². The molecule has 12 heavy (non-hydrogen) atoms. The maximum atomic E-state index is 6.28. The Morgan fingerprint density at radius 1 is 1.42 bits per heavy atom. The van der Waals surface area contributed by atoms with Crippen molar-refractivity contribution in [3.63, 3.8) is 0 Å². The molecule has 0 atom stereocenters. The topological polar surface area (TPSA) is 30.9 Å². The highest BCUT2D eigenvalue weighted by Crippen LogP contribution is 2.36. The second kappa shape index (κ2) is 2.63. The lowest BCUT2D eigenvalue weighted by Gasteiger charge is -2.21. The number of aromatic nitrogens is 1. The quantitative estimate of drug-likeness (QED) is 0.673. The lowest BCUT2D eigenvalue weighted by atomic mass is 9.92. The van der Waals surface area contributed by atoms with Crippen LogP contribution in [-0.4, -0.2) is 4.57 Å². The molecule has 0 amide bonds. The average Bonchev–Trinajstić information content (AvgIpc) is 2.59. The van der Waals surface area contributed by atoms with Gasteiger partial charge in [0.15, 0.2) is 0 Å². The number of nitrogens with two attached hydrogens (primary N) is 1. The van der Waals surface area contributed by atoms with Gasteiger partial charge in [-0.25, -0.2) is 0 Å². The molecule has 1 aliphatic carbocycles. The van der Waals surface area contributed by atoms with Gasteiger partial charge in [0.2, 0.25) is 0 Å². The molecule has 1 saturated carbocycles. The van der Waals surface area contributed by atoms with E-state index in [0.717, 1.165) is 12.8 Å². The minimum absolute atomic E-state index is 0.0126. The molecule has 2 heteroatoms. The minimum atomic E-state index is -0.0126. The molecule has 2 N–H and O–H groups in total. The second-order valence-corrected chi connectivity index (χ2v) is 3.93. The van der Waals surface area contributed by atoms with Crippen LogP contribution >= 0.6 is 0 Å². The van der Waals surface area contributed by atoms with Crippen LogP contribution in [0.3, 0.4) is 0 Å². The van der Waals surface area contributed by atoms with Gasteiger partial charge in [-0.3, -0.25) is 0 Å². The van der Waals surface area contributed by atoms with E-state index in [1.165, 1.54) is 18.4 Å². The van der Waals surface area contributed by atoms with Crippen molar-refractivity contribution < 1.29 is 0 Å². The molecule has 1 fully saturated rings. The number of hydrogen-bond donors (Lipinski definition) is 1. The zero-order valence-corrected chi connectivity index (χ0v) is 7.59. The fraction of sp³-hybridized carbons (Fsp3) is 0.600. The van der Waals surface area contributed by atoms with Crippen LogP contribution in [0.4, 0.5) is 0 Å². The summed E-state index contributed by atoms with van der Waals surface area (Å²) in [6.07, 6.45) is 9.08. The van der Waals surface area contributed by atoms with E-state index in [-0.39, 0.29) is 5.54 Å². The van der Waals surface area contributed by atoms with Crippen molar-refractivity contribution >= 4 is 0 Å². The average molecular weight is 164 g/mol. The van der Waals surface area contributed by atoms with E-state index in [9.17, 15) is 0 Å². The van der Waals surface area contributed by atoms with Crippen LogP contribution in [0.1, 0.15) is 31.2 Å². The summed E-state index contributed by atoms with van der Waals surface area (Å²) in [5, 5.41) is 0. The van der Waals surface area contributed by atoms with E-state index in [1.54, 1.807) is 0 Å². The smallest absolute Gasteiger partial charge is 0.0424 e. The molecule has 0 saturated heterocycles. The van der Waals surface area contributed by atoms with E-state index in [0.29, 0.717) is 0 Å². The normalized spacial score (nSPS) is 21.5. The van der Waals surface area contributed by atoms with Crippen LogP contribution in [0.5, 0.6) is 0 Å². The third kappa shape index (κ3) is 1.16. The van der Waals surface area contributed by atoms with E-state index in [4.69, 9.17) is 5.73 Å². The van der Waals surface area contributed by atoms with Crippen LogP contribution in [0.2, 0.25) is 0 Å². The van der Waals surface area contributed by atoms with Gasteiger partial charge in [-0.05, 0) is 24.5 Å². The molecular weight excluding hydrogens is 148 g/mol. The van der Waals surface area contributed by atoms with Crippen molar-refractivity contribution in [2.75, 3.05) is 0 Å². The lowest BCUT2D eigenvalue weighted by molar-refractivity contribution is 0.461. The molecule has 1 aromatic rings. The van der Waals surface area contributed by atoms with Crippen molar-refractivity contribution in [1.29, 1.82) is 0 Å². The van der Waals surface area contributed by atoms with Crippen LogP contribution in [0.25, 0.3) is 0 Å². The third-order valence-electron chi connectivity index (χ3n) is 2.90. The number of nitrogens with zero attached hydrogens (tertiary/aromatic N) is 1. The molecule has 0 radical (unpaired) electrons. The molecule has 0 aromatic carbocycles. The Labute approximate surface area is 73.4 Å². The van der Waals surface area contributed by atoms with Crippen LogP contribution in [0.15, 0.2) is 18.5 Å². The Hall–Kier alpha value is -0.760. The summed E-state index contributed by atoms with van der Waals surface area (Å²) >= 11 is 0. The maximum Gasteiger partial charge on any atom is 0.0424 e. The Morgan fingerprint density at radius 2 is 2.08 bits per heavy atom. The van der Waals surface area contributed by atoms with E-state index in [2.05, 4.69) is 23.0 Å². The molecule has 0 bridgehead atoms. The van der Waals surface area contributed by atoms with Crippen molar-refractivity contribution in [3.05, 3.63) is 24.0 Å². The van der Waals surface area contributed by atoms with Gasteiger partial charge in [0.25, 0.3) is 0 Å². The first kappa shape index (κ1) is 7.87. The van der Waals surface area contributed by atoms with Gasteiger partial charge in [-0.2, -0.15) is 0 Å². The van der Waals surface area contributed by atoms with Gasteiger partial charge >= 0.3 is 0 Å². The minimum Gasteiger partial charge on any atom is -0.357 e. The van der Waals surface area contributed by atoms with E-state index >= 15 is 0 Å². The molecule has 1 heterocycles. The zero-order valence-electron chi connectivity index (χ0n) is 7.59. The standard InChI is InChI=1S/C10H16N2/c1-12-7-4-9(8-12)10(11)5-2-3-6-10/h4,7-8H,2-3,5-6,11H2,1H3. The summed E-state index contributed by atoms with van der Waals surface area (Å²) in [5.74, 6) is 0. The van der Waals surface area contributed by atoms with Crippen molar-refractivity contribution in [2.45, 2.75) is 31.2 Å². The van der Waals surface area contributed by atoms with E-state index < -0.39 is 0 Å². The second-order valence-electron chi connectivity index (χ2n) is 3.93.